The molecular weight excluding hydrogens is 324 g/mol. The molecule has 0 atom stereocenters. The third-order valence-electron chi connectivity index (χ3n) is 3.49. The summed E-state index contributed by atoms with van der Waals surface area (Å²) in [6.07, 6.45) is 2.48. The van der Waals surface area contributed by atoms with Crippen LogP contribution in [0, 0.1) is 0 Å². The van der Waals surface area contributed by atoms with Crippen molar-refractivity contribution in [3.8, 4) is 11.5 Å². The third-order valence-corrected chi connectivity index (χ3v) is 3.49. The molecule has 0 amide bonds. The fourth-order valence-electron chi connectivity index (χ4n) is 2.30. The number of hydrogen-bond acceptors (Lipinski definition) is 5. The largest absolute Gasteiger partial charge is 0.490 e. The molecule has 0 saturated carbocycles. The highest BCUT2D eigenvalue weighted by molar-refractivity contribution is 5.92. The summed E-state index contributed by atoms with van der Waals surface area (Å²) in [7, 11) is 1.62. The van der Waals surface area contributed by atoms with E-state index in [1.165, 1.54) is 0 Å². The lowest BCUT2D eigenvalue weighted by Gasteiger charge is -2.17. The van der Waals surface area contributed by atoms with Gasteiger partial charge in [0.2, 0.25) is 0 Å². The minimum absolute atomic E-state index is 0.125. The first-order valence-electron chi connectivity index (χ1n) is 8.18. The first-order chi connectivity index (χ1) is 12.2. The van der Waals surface area contributed by atoms with Crippen molar-refractivity contribution in [3.05, 3.63) is 41.7 Å². The molecule has 7 nitrogen and oxygen atoms in total. The number of nitrogens with one attached hydrogen (secondary N) is 2. The molecule has 7 heteroatoms. The van der Waals surface area contributed by atoms with Crippen LogP contribution >= 0.6 is 0 Å². The van der Waals surface area contributed by atoms with E-state index >= 15 is 0 Å². The SMILES string of the molecule is CCCOc1cccc(CNc2cc[nH]c2C(=O)O)c1OCCOC. The van der Waals surface area contributed by atoms with Gasteiger partial charge in [-0.3, -0.25) is 0 Å². The molecule has 0 bridgehead atoms. The number of anilines is 1. The fourth-order valence-corrected chi connectivity index (χ4v) is 2.30. The number of carbonyl (C=O) groups is 1. The number of carboxylic acids is 1. The summed E-state index contributed by atoms with van der Waals surface area (Å²) in [5.41, 5.74) is 1.53. The lowest BCUT2D eigenvalue weighted by Crippen LogP contribution is -2.10. The van der Waals surface area contributed by atoms with Gasteiger partial charge in [0.05, 0.1) is 18.9 Å². The number of aromatic amines is 1. The van der Waals surface area contributed by atoms with Crippen LogP contribution < -0.4 is 14.8 Å². The summed E-state index contributed by atoms with van der Waals surface area (Å²) >= 11 is 0. The van der Waals surface area contributed by atoms with Crippen LogP contribution in [0.2, 0.25) is 0 Å². The molecule has 0 fully saturated rings. The van der Waals surface area contributed by atoms with Gasteiger partial charge in [0, 0.05) is 25.4 Å². The van der Waals surface area contributed by atoms with Gasteiger partial charge in [-0.05, 0) is 18.6 Å². The average molecular weight is 348 g/mol. The van der Waals surface area contributed by atoms with Crippen molar-refractivity contribution in [1.82, 2.24) is 4.98 Å². The Kier molecular flexibility index (Phi) is 7.16. The molecule has 2 aromatic rings. The number of hydrogen-bond donors (Lipinski definition) is 3. The first kappa shape index (κ1) is 18.7. The molecule has 25 heavy (non-hydrogen) atoms. The zero-order chi connectivity index (χ0) is 18.1. The summed E-state index contributed by atoms with van der Waals surface area (Å²) in [6, 6.07) is 7.36. The monoisotopic (exact) mass is 348 g/mol. The molecule has 0 saturated heterocycles. The molecule has 1 heterocycles. The molecule has 136 valence electrons. The smallest absolute Gasteiger partial charge is 0.354 e. The maximum atomic E-state index is 11.2. The van der Waals surface area contributed by atoms with Crippen LogP contribution in [0.4, 0.5) is 5.69 Å². The quantitative estimate of drug-likeness (QED) is 0.540. The fraction of sp³-hybridized carbons (Fsp3) is 0.389. The van der Waals surface area contributed by atoms with Gasteiger partial charge in [0.25, 0.3) is 0 Å². The maximum absolute atomic E-state index is 11.2. The number of H-pyrrole nitrogens is 1. The van der Waals surface area contributed by atoms with Gasteiger partial charge in [0.15, 0.2) is 11.5 Å². The highest BCUT2D eigenvalue weighted by Gasteiger charge is 2.14. The van der Waals surface area contributed by atoms with Crippen molar-refractivity contribution >= 4 is 11.7 Å². The van der Waals surface area contributed by atoms with Gasteiger partial charge in [0.1, 0.15) is 12.3 Å². The van der Waals surface area contributed by atoms with Gasteiger partial charge in [-0.1, -0.05) is 19.1 Å². The summed E-state index contributed by atoms with van der Waals surface area (Å²) in [5.74, 6) is 0.307. The maximum Gasteiger partial charge on any atom is 0.354 e. The third kappa shape index (κ3) is 5.15. The molecular formula is C18H24N2O5. The Balaban J connectivity index is 2.16. The average Bonchev–Trinajstić information content (AvgIpc) is 3.08. The highest BCUT2D eigenvalue weighted by atomic mass is 16.5. The van der Waals surface area contributed by atoms with E-state index in [0.29, 0.717) is 43.6 Å². The van der Waals surface area contributed by atoms with E-state index in [1.807, 2.05) is 25.1 Å². The molecule has 0 aliphatic carbocycles. The number of aromatic nitrogens is 1. The second kappa shape index (κ2) is 9.58. The van der Waals surface area contributed by atoms with Crippen LogP contribution in [0.3, 0.4) is 0 Å². The van der Waals surface area contributed by atoms with E-state index in [9.17, 15) is 4.79 Å². The van der Waals surface area contributed by atoms with Crippen molar-refractivity contribution in [2.75, 3.05) is 32.2 Å². The molecule has 0 radical (unpaired) electrons. The van der Waals surface area contributed by atoms with Crippen LogP contribution in [-0.4, -0.2) is 43.0 Å². The van der Waals surface area contributed by atoms with Gasteiger partial charge in [-0.25, -0.2) is 4.79 Å². The number of rotatable bonds is 11. The van der Waals surface area contributed by atoms with Gasteiger partial charge < -0.3 is 29.6 Å². The topological polar surface area (TPSA) is 92.8 Å². The summed E-state index contributed by atoms with van der Waals surface area (Å²) < 4.78 is 16.6. The lowest BCUT2D eigenvalue weighted by atomic mass is 10.1. The number of methoxy groups -OCH3 is 1. The number of benzene rings is 1. The van der Waals surface area contributed by atoms with E-state index in [1.54, 1.807) is 19.4 Å². The Bertz CT molecular complexity index is 684. The lowest BCUT2D eigenvalue weighted by molar-refractivity contribution is 0.0692. The van der Waals surface area contributed by atoms with Crippen LogP contribution in [0.15, 0.2) is 30.5 Å². The minimum atomic E-state index is -1.01. The number of carboxylic acid groups (broad SMARTS) is 1. The predicted octanol–water partition coefficient (Wildman–Crippen LogP) is 3.14. The van der Waals surface area contributed by atoms with E-state index in [4.69, 9.17) is 19.3 Å². The normalized spacial score (nSPS) is 10.5. The molecule has 1 aromatic heterocycles. The van der Waals surface area contributed by atoms with Crippen molar-refractivity contribution in [2.45, 2.75) is 19.9 Å². The Morgan fingerprint density at radius 3 is 2.76 bits per heavy atom. The van der Waals surface area contributed by atoms with Crippen LogP contribution in [-0.2, 0) is 11.3 Å². The van der Waals surface area contributed by atoms with E-state index in [2.05, 4.69) is 10.3 Å². The Morgan fingerprint density at radius 1 is 1.20 bits per heavy atom. The van der Waals surface area contributed by atoms with Crippen LogP contribution in [0.25, 0.3) is 0 Å². The molecule has 0 spiro atoms. The summed E-state index contributed by atoms with van der Waals surface area (Å²) in [4.78, 5) is 13.9. The molecule has 2 rings (SSSR count). The van der Waals surface area contributed by atoms with Gasteiger partial charge in [-0.2, -0.15) is 0 Å². The Morgan fingerprint density at radius 2 is 2.04 bits per heavy atom. The number of para-hydroxylation sites is 1. The standard InChI is InChI=1S/C18H24N2O5/c1-3-9-24-15-6-4-5-13(17(15)25-11-10-23-2)12-20-14-7-8-19-16(14)18(21)22/h4-8,19-20H,3,9-12H2,1-2H3,(H,21,22). The first-order valence-corrected chi connectivity index (χ1v) is 8.18. The van der Waals surface area contributed by atoms with E-state index in [-0.39, 0.29) is 5.69 Å². The van der Waals surface area contributed by atoms with Crippen molar-refractivity contribution in [3.63, 3.8) is 0 Å². The van der Waals surface area contributed by atoms with Crippen molar-refractivity contribution in [2.24, 2.45) is 0 Å². The summed E-state index contributed by atoms with van der Waals surface area (Å²) in [5, 5.41) is 12.3. The van der Waals surface area contributed by atoms with Crippen LogP contribution in [0.5, 0.6) is 11.5 Å². The zero-order valence-electron chi connectivity index (χ0n) is 14.5. The second-order valence-corrected chi connectivity index (χ2v) is 5.36. The predicted molar refractivity (Wildman–Crippen MR) is 94.7 cm³/mol. The van der Waals surface area contributed by atoms with E-state index in [0.717, 1.165) is 12.0 Å². The minimum Gasteiger partial charge on any atom is -0.490 e. The van der Waals surface area contributed by atoms with Gasteiger partial charge >= 0.3 is 5.97 Å². The van der Waals surface area contributed by atoms with E-state index < -0.39 is 5.97 Å². The van der Waals surface area contributed by atoms with Gasteiger partial charge in [-0.15, -0.1) is 0 Å². The number of ether oxygens (including phenoxy) is 3. The molecule has 0 unspecified atom stereocenters. The molecule has 3 N–H and O–H groups in total. The zero-order valence-corrected chi connectivity index (χ0v) is 14.5. The molecule has 0 aliphatic heterocycles. The Hall–Kier alpha value is -2.67. The molecule has 0 aliphatic rings. The summed E-state index contributed by atoms with van der Waals surface area (Å²) in [6.45, 7) is 3.91. The highest BCUT2D eigenvalue weighted by Crippen LogP contribution is 2.32. The Labute approximate surface area is 146 Å². The van der Waals surface area contributed by atoms with Crippen molar-refractivity contribution < 1.29 is 24.1 Å². The number of aromatic carboxylic acids is 1. The second-order valence-electron chi connectivity index (χ2n) is 5.36. The molecule has 1 aromatic carbocycles. The van der Waals surface area contributed by atoms with Crippen LogP contribution in [0.1, 0.15) is 29.4 Å². The van der Waals surface area contributed by atoms with Crippen molar-refractivity contribution in [1.29, 1.82) is 0 Å².